The number of ether oxygens (including phenoxy) is 3. The van der Waals surface area contributed by atoms with Crippen LogP contribution in [0.3, 0.4) is 0 Å². The first-order valence-corrected chi connectivity index (χ1v) is 9.82. The quantitative estimate of drug-likeness (QED) is 0.276. The van der Waals surface area contributed by atoms with E-state index < -0.39 is 5.97 Å². The van der Waals surface area contributed by atoms with Crippen molar-refractivity contribution in [3.63, 3.8) is 0 Å². The number of aromatic nitrogens is 1. The molecule has 1 aromatic heterocycles. The van der Waals surface area contributed by atoms with E-state index in [0.717, 1.165) is 28.9 Å². The largest absolute Gasteiger partial charge is 0.497 e. The first-order chi connectivity index (χ1) is 14.4. The number of methoxy groups -OCH3 is 2. The van der Waals surface area contributed by atoms with Crippen molar-refractivity contribution in [2.75, 3.05) is 26.7 Å². The fraction of sp³-hybridized carbons (Fsp3) is 0.292. The molecule has 2 aromatic rings. The van der Waals surface area contributed by atoms with E-state index in [0.29, 0.717) is 16.9 Å². The van der Waals surface area contributed by atoms with Crippen LogP contribution in [0.5, 0.6) is 5.75 Å². The topological polar surface area (TPSA) is 75.7 Å². The van der Waals surface area contributed by atoms with Crippen LogP contribution >= 0.6 is 0 Å². The summed E-state index contributed by atoms with van der Waals surface area (Å²) >= 11 is 0. The number of carbonyl (C=O) groups is 1. The summed E-state index contributed by atoms with van der Waals surface area (Å²) < 4.78 is 17.4. The van der Waals surface area contributed by atoms with Crippen molar-refractivity contribution in [1.29, 1.82) is 0 Å². The number of esters is 1. The first-order valence-electron chi connectivity index (χ1n) is 9.82. The zero-order valence-electron chi connectivity index (χ0n) is 18.3. The summed E-state index contributed by atoms with van der Waals surface area (Å²) in [5.41, 5.74) is 4.05. The molecule has 0 aliphatic heterocycles. The van der Waals surface area contributed by atoms with E-state index in [2.05, 4.69) is 6.58 Å². The Morgan fingerprint density at radius 2 is 1.93 bits per heavy atom. The van der Waals surface area contributed by atoms with Crippen LogP contribution in [0.1, 0.15) is 41.9 Å². The number of nitrogens with zero attached hydrogens (tertiary/aromatic N) is 1. The molecule has 0 radical (unpaired) electrons. The van der Waals surface area contributed by atoms with Crippen LogP contribution in [0.15, 0.2) is 55.0 Å². The van der Waals surface area contributed by atoms with E-state index in [9.17, 15) is 4.79 Å². The second-order valence-corrected chi connectivity index (χ2v) is 6.60. The summed E-state index contributed by atoms with van der Waals surface area (Å²) in [5.74, 6) is 7.13. The van der Waals surface area contributed by atoms with Gasteiger partial charge in [-0.15, -0.1) is 0 Å². The van der Waals surface area contributed by atoms with Gasteiger partial charge in [-0.05, 0) is 55.2 Å². The molecule has 160 valence electrons. The molecule has 0 unspecified atom stereocenters. The molecule has 1 aromatic carbocycles. The normalized spacial score (nSPS) is 11.6. The third kappa shape index (κ3) is 4.76. The Labute approximate surface area is 178 Å². The molecular weight excluding hydrogens is 380 g/mol. The molecule has 0 amide bonds. The number of rotatable bonds is 9. The number of hydrogen-bond donors (Lipinski definition) is 1. The zero-order valence-corrected chi connectivity index (χ0v) is 18.3. The van der Waals surface area contributed by atoms with E-state index in [1.165, 1.54) is 4.68 Å². The minimum atomic E-state index is -0.507. The molecule has 0 aliphatic rings. The Kier molecular flexibility index (Phi) is 7.92. The van der Waals surface area contributed by atoms with E-state index in [-0.39, 0.29) is 12.3 Å². The fourth-order valence-corrected chi connectivity index (χ4v) is 3.28. The molecule has 0 bridgehead atoms. The van der Waals surface area contributed by atoms with Gasteiger partial charge in [-0.25, -0.2) is 4.79 Å². The van der Waals surface area contributed by atoms with Gasteiger partial charge < -0.3 is 20.1 Å². The number of benzene rings is 1. The maximum absolute atomic E-state index is 12.7. The maximum atomic E-state index is 12.7. The van der Waals surface area contributed by atoms with Gasteiger partial charge in [0.1, 0.15) is 11.5 Å². The Bertz CT molecular complexity index is 983. The van der Waals surface area contributed by atoms with Crippen LogP contribution in [-0.4, -0.2) is 31.5 Å². The monoisotopic (exact) mass is 410 g/mol. The van der Waals surface area contributed by atoms with Crippen LogP contribution in [0.25, 0.3) is 16.7 Å². The van der Waals surface area contributed by atoms with Gasteiger partial charge in [0, 0.05) is 17.3 Å². The smallest absolute Gasteiger partial charge is 0.357 e. The highest BCUT2D eigenvalue weighted by atomic mass is 16.5. The van der Waals surface area contributed by atoms with Gasteiger partial charge in [-0.3, -0.25) is 4.68 Å². The lowest BCUT2D eigenvalue weighted by Gasteiger charge is -2.12. The average molecular weight is 411 g/mol. The van der Waals surface area contributed by atoms with Crippen LogP contribution in [0.4, 0.5) is 0 Å². The van der Waals surface area contributed by atoms with Crippen molar-refractivity contribution in [3.05, 3.63) is 71.8 Å². The third-order valence-electron chi connectivity index (χ3n) is 4.71. The Hall–Kier alpha value is -3.41. The molecule has 6 nitrogen and oxygen atoms in total. The molecule has 1 heterocycles. The minimum Gasteiger partial charge on any atom is -0.497 e. The van der Waals surface area contributed by atoms with Crippen LogP contribution in [-0.2, 0) is 9.47 Å². The predicted octanol–water partition coefficient (Wildman–Crippen LogP) is 4.87. The second kappa shape index (κ2) is 10.4. The minimum absolute atomic E-state index is 0.238. The summed E-state index contributed by atoms with van der Waals surface area (Å²) in [4.78, 5) is 12.7. The van der Waals surface area contributed by atoms with E-state index in [4.69, 9.17) is 20.1 Å². The summed E-state index contributed by atoms with van der Waals surface area (Å²) in [6.45, 7) is 10.2. The highest BCUT2D eigenvalue weighted by Crippen LogP contribution is 2.37. The SMILES string of the molecule is C=C(/C=C\C(=C/CC)OC)c1c(-c2cccc(OC)c2C)cn(N)c1C(=O)OCC. The van der Waals surface area contributed by atoms with Gasteiger partial charge in [-0.2, -0.15) is 0 Å². The number of hydrogen-bond acceptors (Lipinski definition) is 5. The highest BCUT2D eigenvalue weighted by molar-refractivity contribution is 6.00. The average Bonchev–Trinajstić information content (AvgIpc) is 3.08. The molecule has 0 saturated heterocycles. The maximum Gasteiger partial charge on any atom is 0.357 e. The molecular formula is C24H30N2O4. The Morgan fingerprint density at radius 3 is 2.53 bits per heavy atom. The van der Waals surface area contributed by atoms with Crippen molar-refractivity contribution in [3.8, 4) is 16.9 Å². The molecule has 0 fully saturated rings. The standard InChI is InChI=1S/C24H30N2O4/c1-7-10-18(28-5)14-13-16(3)22-20(15-26(25)23(22)24(27)30-8-2)19-11-9-12-21(29-6)17(19)4/h9-15H,3,7-8,25H2,1-2,4-6H3/b14-13-,18-10+. The van der Waals surface area contributed by atoms with Crippen LogP contribution < -0.4 is 10.6 Å². The van der Waals surface area contributed by atoms with E-state index in [1.54, 1.807) is 27.3 Å². The predicted molar refractivity (Wildman–Crippen MR) is 121 cm³/mol. The summed E-state index contributed by atoms with van der Waals surface area (Å²) in [6, 6.07) is 5.74. The molecule has 2 rings (SSSR count). The zero-order chi connectivity index (χ0) is 22.3. The lowest BCUT2D eigenvalue weighted by molar-refractivity contribution is 0.0516. The lowest BCUT2D eigenvalue weighted by Crippen LogP contribution is -2.18. The van der Waals surface area contributed by atoms with Crippen molar-refractivity contribution in [2.45, 2.75) is 27.2 Å². The number of allylic oxidation sites excluding steroid dienone is 4. The van der Waals surface area contributed by atoms with Crippen molar-refractivity contribution in [2.24, 2.45) is 0 Å². The van der Waals surface area contributed by atoms with Gasteiger partial charge in [0.2, 0.25) is 0 Å². The number of nitrogen functional groups attached to an aromatic ring is 1. The molecule has 0 atom stereocenters. The van der Waals surface area contributed by atoms with Gasteiger partial charge in [-0.1, -0.05) is 31.7 Å². The third-order valence-corrected chi connectivity index (χ3v) is 4.71. The molecule has 6 heteroatoms. The molecule has 30 heavy (non-hydrogen) atoms. The molecule has 0 spiro atoms. The van der Waals surface area contributed by atoms with Gasteiger partial charge in [0.15, 0.2) is 5.69 Å². The van der Waals surface area contributed by atoms with E-state index >= 15 is 0 Å². The van der Waals surface area contributed by atoms with Crippen molar-refractivity contribution < 1.29 is 19.0 Å². The van der Waals surface area contributed by atoms with E-state index in [1.807, 2.05) is 50.3 Å². The van der Waals surface area contributed by atoms with Crippen LogP contribution in [0.2, 0.25) is 0 Å². The molecule has 0 saturated carbocycles. The van der Waals surface area contributed by atoms with Gasteiger partial charge in [0.05, 0.1) is 20.8 Å². The second-order valence-electron chi connectivity index (χ2n) is 6.60. The summed E-state index contributed by atoms with van der Waals surface area (Å²) in [7, 11) is 3.24. The fourth-order valence-electron chi connectivity index (χ4n) is 3.28. The number of nitrogens with two attached hydrogens (primary N) is 1. The number of carbonyl (C=O) groups excluding carboxylic acids is 1. The first kappa shape index (κ1) is 22.9. The van der Waals surface area contributed by atoms with Crippen molar-refractivity contribution >= 4 is 11.5 Å². The van der Waals surface area contributed by atoms with Crippen LogP contribution in [0, 0.1) is 6.92 Å². The Morgan fingerprint density at radius 1 is 1.20 bits per heavy atom. The molecule has 2 N–H and O–H groups in total. The Balaban J connectivity index is 2.69. The van der Waals surface area contributed by atoms with Gasteiger partial charge in [0.25, 0.3) is 0 Å². The van der Waals surface area contributed by atoms with Gasteiger partial charge >= 0.3 is 5.97 Å². The summed E-state index contributed by atoms with van der Waals surface area (Å²) in [6.07, 6.45) is 8.12. The lowest BCUT2D eigenvalue weighted by atomic mass is 9.94. The van der Waals surface area contributed by atoms with Crippen molar-refractivity contribution in [1.82, 2.24) is 4.68 Å². The molecule has 0 aliphatic carbocycles. The highest BCUT2D eigenvalue weighted by Gasteiger charge is 2.25. The summed E-state index contributed by atoms with van der Waals surface area (Å²) in [5, 5.41) is 0.